The molecule has 0 N–H and O–H groups in total. The quantitative estimate of drug-likeness (QED) is 0.410. The summed E-state index contributed by atoms with van der Waals surface area (Å²) in [5, 5.41) is 12.2. The minimum atomic E-state index is 0.417. The second-order valence-corrected chi connectivity index (χ2v) is 2.41. The fourth-order valence-corrected chi connectivity index (χ4v) is 0.849. The normalized spacial score (nSPS) is 11.3. The number of allylic oxidation sites excluding steroid dienone is 1. The summed E-state index contributed by atoms with van der Waals surface area (Å²) in [6.07, 6.45) is 6.37. The van der Waals surface area contributed by atoms with E-state index in [-0.39, 0.29) is 0 Å². The molecule has 4 nitrogen and oxygen atoms in total. The van der Waals surface area contributed by atoms with E-state index in [2.05, 4.69) is 15.0 Å². The van der Waals surface area contributed by atoms with E-state index in [9.17, 15) is 0 Å². The number of hydrogen-bond acceptors (Lipinski definition) is 4. The first-order valence-corrected chi connectivity index (χ1v) is 3.95. The van der Waals surface area contributed by atoms with Crippen molar-refractivity contribution >= 4 is 12.3 Å². The Hall–Kier alpha value is -2.15. The molecule has 0 unspecified atom stereocenters. The van der Waals surface area contributed by atoms with Gasteiger partial charge in [-0.25, -0.2) is 0 Å². The van der Waals surface area contributed by atoms with Crippen molar-refractivity contribution in [2.75, 3.05) is 7.11 Å². The number of nitriles is 1. The zero-order chi connectivity index (χ0) is 10.2. The molecule has 1 heterocycles. The molecule has 1 aromatic heterocycles. The molecule has 0 saturated heterocycles. The predicted molar refractivity (Wildman–Crippen MR) is 53.3 cm³/mol. The lowest BCUT2D eigenvalue weighted by molar-refractivity contribution is 0.215. The molecular weight excluding hydrogens is 178 g/mol. The lowest BCUT2D eigenvalue weighted by atomic mass is 10.2. The first-order chi connectivity index (χ1) is 6.86. The van der Waals surface area contributed by atoms with Gasteiger partial charge in [-0.05, 0) is 17.7 Å². The van der Waals surface area contributed by atoms with Gasteiger partial charge in [0.15, 0.2) is 0 Å². The van der Waals surface area contributed by atoms with Gasteiger partial charge in [0.25, 0.3) is 0 Å². The van der Waals surface area contributed by atoms with Crippen molar-refractivity contribution in [1.82, 2.24) is 4.98 Å². The van der Waals surface area contributed by atoms with E-state index in [4.69, 9.17) is 5.26 Å². The van der Waals surface area contributed by atoms with Crippen LogP contribution in [0.3, 0.4) is 0 Å². The third-order valence-electron chi connectivity index (χ3n) is 1.43. The maximum atomic E-state index is 8.73. The number of oxime groups is 1. The molecule has 70 valence electrons. The third-order valence-corrected chi connectivity index (χ3v) is 1.43. The average Bonchev–Trinajstić information content (AvgIpc) is 2.25. The van der Waals surface area contributed by atoms with Crippen molar-refractivity contribution in [2.45, 2.75) is 0 Å². The summed E-state index contributed by atoms with van der Waals surface area (Å²) in [5.74, 6) is 0. The summed E-state index contributed by atoms with van der Waals surface area (Å²) in [6.45, 7) is 0. The van der Waals surface area contributed by atoms with Crippen LogP contribution in [0.1, 0.15) is 5.56 Å². The summed E-state index contributed by atoms with van der Waals surface area (Å²) in [5.41, 5.74) is 1.27. The average molecular weight is 187 g/mol. The molecule has 0 radical (unpaired) electrons. The van der Waals surface area contributed by atoms with E-state index in [1.807, 2.05) is 12.1 Å². The number of rotatable bonds is 3. The second-order valence-electron chi connectivity index (χ2n) is 2.41. The van der Waals surface area contributed by atoms with E-state index < -0.39 is 0 Å². The topological polar surface area (TPSA) is 58.3 Å². The summed E-state index contributed by atoms with van der Waals surface area (Å²) in [6, 6.07) is 5.64. The minimum absolute atomic E-state index is 0.417. The zero-order valence-corrected chi connectivity index (χ0v) is 7.71. The van der Waals surface area contributed by atoms with Gasteiger partial charge in [-0.2, -0.15) is 5.26 Å². The highest BCUT2D eigenvalue weighted by Crippen LogP contribution is 2.02. The van der Waals surface area contributed by atoms with Gasteiger partial charge in [0, 0.05) is 12.4 Å². The Kier molecular flexibility index (Phi) is 3.89. The molecule has 0 saturated carbocycles. The summed E-state index contributed by atoms with van der Waals surface area (Å²) >= 11 is 0. The number of aromatic nitrogens is 1. The Morgan fingerprint density at radius 3 is 3.14 bits per heavy atom. The van der Waals surface area contributed by atoms with Crippen molar-refractivity contribution in [2.24, 2.45) is 5.16 Å². The molecule has 1 aromatic rings. The Morgan fingerprint density at radius 2 is 2.57 bits per heavy atom. The molecule has 0 atom stereocenters. The van der Waals surface area contributed by atoms with Crippen molar-refractivity contribution < 1.29 is 4.84 Å². The van der Waals surface area contributed by atoms with E-state index in [1.165, 1.54) is 13.3 Å². The molecule has 0 aliphatic heterocycles. The van der Waals surface area contributed by atoms with Crippen molar-refractivity contribution in [3.63, 3.8) is 0 Å². The van der Waals surface area contributed by atoms with Crippen LogP contribution >= 0.6 is 0 Å². The second kappa shape index (κ2) is 5.49. The first-order valence-electron chi connectivity index (χ1n) is 3.95. The largest absolute Gasteiger partial charge is 0.399 e. The number of nitrogens with zero attached hydrogens (tertiary/aromatic N) is 3. The van der Waals surface area contributed by atoms with Crippen LogP contribution in [0.15, 0.2) is 35.3 Å². The van der Waals surface area contributed by atoms with Crippen LogP contribution in [-0.2, 0) is 4.84 Å². The van der Waals surface area contributed by atoms with Gasteiger partial charge in [-0.1, -0.05) is 11.2 Å². The van der Waals surface area contributed by atoms with Crippen molar-refractivity contribution in [3.8, 4) is 6.07 Å². The van der Waals surface area contributed by atoms with Crippen LogP contribution < -0.4 is 0 Å². The molecule has 0 aliphatic carbocycles. The maximum absolute atomic E-state index is 8.73. The summed E-state index contributed by atoms with van der Waals surface area (Å²) < 4.78 is 0. The smallest absolute Gasteiger partial charge is 0.106 e. The SMILES string of the molecule is CO/N=C\C(C#N)=C\c1cccnc1. The lowest BCUT2D eigenvalue weighted by Crippen LogP contribution is -1.83. The summed E-state index contributed by atoms with van der Waals surface area (Å²) in [7, 11) is 1.43. The number of pyridine rings is 1. The van der Waals surface area contributed by atoms with Crippen LogP contribution in [-0.4, -0.2) is 18.3 Å². The van der Waals surface area contributed by atoms with E-state index in [0.717, 1.165) is 5.56 Å². The van der Waals surface area contributed by atoms with Crippen LogP contribution in [0.2, 0.25) is 0 Å². The van der Waals surface area contributed by atoms with E-state index >= 15 is 0 Å². The Morgan fingerprint density at radius 1 is 1.71 bits per heavy atom. The lowest BCUT2D eigenvalue weighted by Gasteiger charge is -1.91. The van der Waals surface area contributed by atoms with Crippen LogP contribution in [0.5, 0.6) is 0 Å². The van der Waals surface area contributed by atoms with Gasteiger partial charge < -0.3 is 4.84 Å². The monoisotopic (exact) mass is 187 g/mol. The van der Waals surface area contributed by atoms with Gasteiger partial charge in [-0.3, -0.25) is 4.98 Å². The maximum Gasteiger partial charge on any atom is 0.106 e. The molecule has 0 aliphatic rings. The number of hydrogen-bond donors (Lipinski definition) is 0. The summed E-state index contributed by atoms with van der Waals surface area (Å²) in [4.78, 5) is 8.40. The fourth-order valence-electron chi connectivity index (χ4n) is 0.849. The van der Waals surface area contributed by atoms with Crippen LogP contribution in [0.4, 0.5) is 0 Å². The van der Waals surface area contributed by atoms with Gasteiger partial charge in [-0.15, -0.1) is 0 Å². The zero-order valence-electron chi connectivity index (χ0n) is 7.71. The predicted octanol–water partition coefficient (Wildman–Crippen LogP) is 1.62. The van der Waals surface area contributed by atoms with Gasteiger partial charge in [0.2, 0.25) is 0 Å². The van der Waals surface area contributed by atoms with Crippen molar-refractivity contribution in [3.05, 3.63) is 35.7 Å². The Bertz CT molecular complexity index is 376. The molecule has 1 rings (SSSR count). The molecule has 0 aromatic carbocycles. The molecule has 0 fully saturated rings. The van der Waals surface area contributed by atoms with Crippen LogP contribution in [0, 0.1) is 11.3 Å². The first kappa shape index (κ1) is 9.93. The van der Waals surface area contributed by atoms with Gasteiger partial charge in [0.05, 0.1) is 11.8 Å². The Balaban J connectivity index is 2.86. The minimum Gasteiger partial charge on any atom is -0.399 e. The molecule has 14 heavy (non-hydrogen) atoms. The molecule has 4 heteroatoms. The molecule has 0 spiro atoms. The molecule has 0 amide bonds. The standard InChI is InChI=1S/C10H9N3O/c1-14-13-8-10(6-11)5-9-3-2-4-12-7-9/h2-5,7-8H,1H3/b10-5+,13-8-. The highest BCUT2D eigenvalue weighted by molar-refractivity contribution is 5.89. The van der Waals surface area contributed by atoms with Crippen LogP contribution in [0.25, 0.3) is 6.08 Å². The van der Waals surface area contributed by atoms with E-state index in [1.54, 1.807) is 24.5 Å². The molecule has 0 bridgehead atoms. The highest BCUT2D eigenvalue weighted by Gasteiger charge is 1.91. The fraction of sp³-hybridized carbons (Fsp3) is 0.100. The van der Waals surface area contributed by atoms with Gasteiger partial charge in [0.1, 0.15) is 13.2 Å². The van der Waals surface area contributed by atoms with Crippen molar-refractivity contribution in [1.29, 1.82) is 5.26 Å². The molecular formula is C10H9N3O. The van der Waals surface area contributed by atoms with Gasteiger partial charge >= 0.3 is 0 Å². The Labute approximate surface area is 82.1 Å². The van der Waals surface area contributed by atoms with E-state index in [0.29, 0.717) is 5.57 Å². The highest BCUT2D eigenvalue weighted by atomic mass is 16.6. The third kappa shape index (κ3) is 3.07.